The Labute approximate surface area is 176 Å². The van der Waals surface area contributed by atoms with Gasteiger partial charge in [-0.2, -0.15) is 0 Å². The van der Waals surface area contributed by atoms with Gasteiger partial charge in [0, 0.05) is 5.54 Å². The van der Waals surface area contributed by atoms with Gasteiger partial charge in [0.15, 0.2) is 0 Å². The molecule has 0 saturated heterocycles. The van der Waals surface area contributed by atoms with Crippen molar-refractivity contribution in [3.8, 4) is 0 Å². The molecule has 1 heteroatoms. The van der Waals surface area contributed by atoms with Gasteiger partial charge in [-0.3, -0.25) is 0 Å². The molecule has 1 rings (SSSR count). The van der Waals surface area contributed by atoms with Crippen molar-refractivity contribution < 1.29 is 0 Å². The van der Waals surface area contributed by atoms with E-state index < -0.39 is 0 Å². The zero-order valence-corrected chi connectivity index (χ0v) is 19.1. The molecule has 0 unspecified atom stereocenters. The Morgan fingerprint density at radius 3 is 1.75 bits per heavy atom. The lowest BCUT2D eigenvalue weighted by Gasteiger charge is -2.27. The minimum absolute atomic E-state index is 0.0725. The van der Waals surface area contributed by atoms with Crippen LogP contribution in [0.1, 0.15) is 116 Å². The maximum absolute atomic E-state index is 3.72. The van der Waals surface area contributed by atoms with Gasteiger partial charge in [-0.25, -0.2) is 0 Å². The summed E-state index contributed by atoms with van der Waals surface area (Å²) in [6.45, 7) is 7.96. The minimum atomic E-state index is 0.0725. The smallest absolute Gasteiger partial charge is 0.0377 e. The zero-order valence-electron chi connectivity index (χ0n) is 19.1. The Morgan fingerprint density at radius 2 is 1.18 bits per heavy atom. The van der Waals surface area contributed by atoms with Crippen molar-refractivity contribution in [2.75, 3.05) is 6.54 Å². The van der Waals surface area contributed by atoms with E-state index in [1.165, 1.54) is 95.5 Å². The fraction of sp³-hybridized carbons (Fsp3) is 0.704. The summed E-state index contributed by atoms with van der Waals surface area (Å²) < 4.78 is 0. The van der Waals surface area contributed by atoms with Gasteiger partial charge in [-0.1, -0.05) is 107 Å². The van der Waals surface area contributed by atoms with Crippen LogP contribution in [-0.4, -0.2) is 6.54 Å². The van der Waals surface area contributed by atoms with Crippen LogP contribution in [0.25, 0.3) is 0 Å². The average Bonchev–Trinajstić information content (AvgIpc) is 2.71. The Morgan fingerprint density at radius 1 is 0.679 bits per heavy atom. The van der Waals surface area contributed by atoms with E-state index in [2.05, 4.69) is 68.6 Å². The Bertz CT molecular complexity index is 474. The molecule has 0 aliphatic heterocycles. The average molecular weight is 386 g/mol. The molecule has 0 heterocycles. The minimum Gasteiger partial charge on any atom is -0.308 e. The SMILES string of the molecule is CCCCCCCCC=CCCCCCCCCNC(C)(C)c1ccccc1. The first kappa shape index (κ1) is 25.0. The number of hydrogen-bond donors (Lipinski definition) is 1. The molecule has 0 aliphatic rings. The third-order valence-corrected chi connectivity index (χ3v) is 5.75. The molecule has 1 aromatic rings. The quantitative estimate of drug-likeness (QED) is 0.197. The lowest BCUT2D eigenvalue weighted by atomic mass is 9.94. The van der Waals surface area contributed by atoms with Crippen molar-refractivity contribution in [1.82, 2.24) is 5.32 Å². The van der Waals surface area contributed by atoms with Crippen LogP contribution < -0.4 is 5.32 Å². The molecule has 1 N–H and O–H groups in total. The van der Waals surface area contributed by atoms with Gasteiger partial charge in [0.25, 0.3) is 0 Å². The third kappa shape index (κ3) is 13.2. The molecule has 0 bridgehead atoms. The van der Waals surface area contributed by atoms with Crippen molar-refractivity contribution in [3.63, 3.8) is 0 Å². The highest BCUT2D eigenvalue weighted by molar-refractivity contribution is 5.22. The summed E-state index contributed by atoms with van der Waals surface area (Å²) in [5.41, 5.74) is 1.45. The molecular weight excluding hydrogens is 338 g/mol. The van der Waals surface area contributed by atoms with Crippen molar-refractivity contribution >= 4 is 0 Å². The topological polar surface area (TPSA) is 12.0 Å². The molecule has 0 amide bonds. The second kappa shape index (κ2) is 16.8. The summed E-state index contributed by atoms with van der Waals surface area (Å²) in [6.07, 6.45) is 24.0. The number of hydrogen-bond acceptors (Lipinski definition) is 1. The van der Waals surface area contributed by atoms with Gasteiger partial charge >= 0.3 is 0 Å². The van der Waals surface area contributed by atoms with Crippen LogP contribution in [0.2, 0.25) is 0 Å². The second-order valence-electron chi connectivity index (χ2n) is 8.86. The predicted octanol–water partition coefficient (Wildman–Crippen LogP) is 8.55. The summed E-state index contributed by atoms with van der Waals surface area (Å²) >= 11 is 0. The number of rotatable bonds is 18. The largest absolute Gasteiger partial charge is 0.308 e. The van der Waals surface area contributed by atoms with E-state index in [0.29, 0.717) is 0 Å². The summed E-state index contributed by atoms with van der Waals surface area (Å²) in [7, 11) is 0. The van der Waals surface area contributed by atoms with Crippen LogP contribution >= 0.6 is 0 Å². The normalized spacial score (nSPS) is 12.1. The van der Waals surface area contributed by atoms with Gasteiger partial charge in [-0.05, 0) is 58.1 Å². The van der Waals surface area contributed by atoms with E-state index in [9.17, 15) is 0 Å². The lowest BCUT2D eigenvalue weighted by molar-refractivity contribution is 0.394. The summed E-state index contributed by atoms with van der Waals surface area (Å²) in [6, 6.07) is 10.8. The second-order valence-corrected chi connectivity index (χ2v) is 8.86. The third-order valence-electron chi connectivity index (χ3n) is 5.75. The van der Waals surface area contributed by atoms with E-state index in [-0.39, 0.29) is 5.54 Å². The summed E-state index contributed by atoms with van der Waals surface area (Å²) in [5.74, 6) is 0. The molecule has 0 spiro atoms. The molecule has 0 aliphatic carbocycles. The molecular formula is C27H47N. The molecule has 160 valence electrons. The molecule has 0 saturated carbocycles. The van der Waals surface area contributed by atoms with Crippen molar-refractivity contribution in [2.24, 2.45) is 0 Å². The van der Waals surface area contributed by atoms with Crippen molar-refractivity contribution in [3.05, 3.63) is 48.0 Å². The molecule has 0 aromatic heterocycles. The molecule has 1 aromatic carbocycles. The first-order valence-electron chi connectivity index (χ1n) is 12.1. The van der Waals surface area contributed by atoms with Crippen LogP contribution in [0.15, 0.2) is 42.5 Å². The van der Waals surface area contributed by atoms with E-state index in [4.69, 9.17) is 0 Å². The Balaban J connectivity index is 1.86. The standard InChI is InChI=1S/C27H47N/c1-4-5-6-7-8-9-10-11-12-13-14-15-16-17-18-22-25-28-27(2,3)26-23-20-19-21-24-26/h11-12,19-21,23-24,28H,4-10,13-18,22,25H2,1-3H3. The van der Waals surface area contributed by atoms with E-state index in [1.54, 1.807) is 0 Å². The highest BCUT2D eigenvalue weighted by atomic mass is 14.9. The van der Waals surface area contributed by atoms with Gasteiger partial charge < -0.3 is 5.32 Å². The van der Waals surface area contributed by atoms with Gasteiger partial charge in [0.1, 0.15) is 0 Å². The predicted molar refractivity (Wildman–Crippen MR) is 127 cm³/mol. The van der Waals surface area contributed by atoms with Gasteiger partial charge in [0.05, 0.1) is 0 Å². The van der Waals surface area contributed by atoms with Crippen LogP contribution in [0, 0.1) is 0 Å². The molecule has 0 atom stereocenters. The maximum atomic E-state index is 3.72. The number of allylic oxidation sites excluding steroid dienone is 2. The number of unbranched alkanes of at least 4 members (excludes halogenated alkanes) is 12. The highest BCUT2D eigenvalue weighted by Crippen LogP contribution is 2.19. The Hall–Kier alpha value is -1.08. The van der Waals surface area contributed by atoms with Crippen molar-refractivity contribution in [1.29, 1.82) is 0 Å². The highest BCUT2D eigenvalue weighted by Gasteiger charge is 2.18. The van der Waals surface area contributed by atoms with Crippen LogP contribution in [0.4, 0.5) is 0 Å². The lowest BCUT2D eigenvalue weighted by Crippen LogP contribution is -2.37. The summed E-state index contributed by atoms with van der Waals surface area (Å²) in [4.78, 5) is 0. The van der Waals surface area contributed by atoms with Gasteiger partial charge in [0.2, 0.25) is 0 Å². The van der Waals surface area contributed by atoms with Crippen LogP contribution in [0.3, 0.4) is 0 Å². The molecule has 0 radical (unpaired) electrons. The monoisotopic (exact) mass is 385 g/mol. The van der Waals surface area contributed by atoms with Crippen LogP contribution in [-0.2, 0) is 5.54 Å². The maximum Gasteiger partial charge on any atom is 0.0377 e. The van der Waals surface area contributed by atoms with Crippen LogP contribution in [0.5, 0.6) is 0 Å². The van der Waals surface area contributed by atoms with Crippen molar-refractivity contribution in [2.45, 2.75) is 116 Å². The number of benzene rings is 1. The first-order valence-corrected chi connectivity index (χ1v) is 12.1. The molecule has 28 heavy (non-hydrogen) atoms. The first-order chi connectivity index (χ1) is 13.7. The van der Waals surface area contributed by atoms with E-state index in [0.717, 1.165) is 6.54 Å². The fourth-order valence-electron chi connectivity index (χ4n) is 3.73. The Kier molecular flexibility index (Phi) is 15.0. The van der Waals surface area contributed by atoms with Gasteiger partial charge in [-0.15, -0.1) is 0 Å². The fourth-order valence-corrected chi connectivity index (χ4v) is 3.73. The van der Waals surface area contributed by atoms with E-state index in [1.807, 2.05) is 0 Å². The van der Waals surface area contributed by atoms with E-state index >= 15 is 0 Å². The zero-order chi connectivity index (χ0) is 20.3. The number of nitrogens with one attached hydrogen (secondary N) is 1. The summed E-state index contributed by atoms with van der Waals surface area (Å²) in [5, 5.41) is 3.72. The molecule has 1 nitrogen and oxygen atoms in total. The molecule has 0 fully saturated rings.